The molecular formula is C8H6NO. The molecule has 0 spiro atoms. The molecule has 0 unspecified atom stereocenters. The first-order valence-electron chi connectivity index (χ1n) is 3.15. The quantitative estimate of drug-likeness (QED) is 0.523. The second kappa shape index (κ2) is 2.14. The van der Waals surface area contributed by atoms with E-state index >= 15 is 0 Å². The zero-order valence-electron chi connectivity index (χ0n) is 5.37. The molecule has 0 fully saturated rings. The van der Waals surface area contributed by atoms with E-state index in [1.165, 1.54) is 0 Å². The van der Waals surface area contributed by atoms with Crippen molar-refractivity contribution in [2.45, 2.75) is 6.42 Å². The minimum atomic E-state index is 0.755. The van der Waals surface area contributed by atoms with Gasteiger partial charge < -0.3 is 4.84 Å². The molecule has 0 atom stereocenters. The van der Waals surface area contributed by atoms with Crippen molar-refractivity contribution in [3.8, 4) is 5.75 Å². The van der Waals surface area contributed by atoms with Crippen LogP contribution in [0.25, 0.3) is 0 Å². The second-order valence-electron chi connectivity index (χ2n) is 2.11. The summed E-state index contributed by atoms with van der Waals surface area (Å²) in [7, 11) is 0. The Kier molecular flexibility index (Phi) is 1.17. The topological polar surface area (TPSA) is 21.6 Å². The van der Waals surface area contributed by atoms with E-state index < -0.39 is 0 Å². The van der Waals surface area contributed by atoms with Crippen LogP contribution < -0.4 is 4.84 Å². The van der Waals surface area contributed by atoms with E-state index in [-0.39, 0.29) is 0 Å². The Hall–Kier alpha value is -1.31. The van der Waals surface area contributed by atoms with Crippen LogP contribution in [0.15, 0.2) is 23.4 Å². The average Bonchev–Trinajstić information content (AvgIpc) is 2.05. The van der Waals surface area contributed by atoms with Crippen LogP contribution in [0.5, 0.6) is 5.75 Å². The van der Waals surface area contributed by atoms with Gasteiger partial charge in [0.05, 0.1) is 0 Å². The molecule has 1 radical (unpaired) electrons. The maximum atomic E-state index is 4.94. The van der Waals surface area contributed by atoms with Crippen molar-refractivity contribution in [3.63, 3.8) is 0 Å². The third-order valence-electron chi connectivity index (χ3n) is 1.43. The molecule has 10 heavy (non-hydrogen) atoms. The molecule has 1 heterocycles. The van der Waals surface area contributed by atoms with Crippen molar-refractivity contribution in [1.29, 1.82) is 0 Å². The van der Waals surface area contributed by atoms with E-state index in [0.29, 0.717) is 0 Å². The summed E-state index contributed by atoms with van der Waals surface area (Å²) in [6.07, 6.45) is 2.60. The summed E-state index contributed by atoms with van der Waals surface area (Å²) in [6.45, 7) is 0. The fraction of sp³-hybridized carbons (Fsp3) is 0.125. The second-order valence-corrected chi connectivity index (χ2v) is 2.11. The van der Waals surface area contributed by atoms with Gasteiger partial charge in [-0.3, -0.25) is 0 Å². The lowest BCUT2D eigenvalue weighted by molar-refractivity contribution is 0.333. The predicted octanol–water partition coefficient (Wildman–Crippen LogP) is 1.41. The third-order valence-corrected chi connectivity index (χ3v) is 1.43. The number of rotatable bonds is 0. The normalized spacial score (nSPS) is 14.0. The molecular weight excluding hydrogens is 126 g/mol. The lowest BCUT2D eigenvalue weighted by Gasteiger charge is -2.07. The molecule has 2 rings (SSSR count). The first-order chi connectivity index (χ1) is 4.97. The van der Waals surface area contributed by atoms with Gasteiger partial charge in [-0.2, -0.15) is 0 Å². The predicted molar refractivity (Wildman–Crippen MR) is 38.1 cm³/mol. The summed E-state index contributed by atoms with van der Waals surface area (Å²) >= 11 is 0. The summed E-state index contributed by atoms with van der Waals surface area (Å²) in [4.78, 5) is 4.94. The van der Waals surface area contributed by atoms with Gasteiger partial charge in [-0.05, 0) is 0 Å². The van der Waals surface area contributed by atoms with Gasteiger partial charge in [-0.15, -0.1) is 0 Å². The van der Waals surface area contributed by atoms with Gasteiger partial charge in [0.15, 0.2) is 5.75 Å². The SMILES string of the molecule is [c]1cccc2c1ON=CC2. The molecule has 2 heteroatoms. The zero-order valence-corrected chi connectivity index (χ0v) is 5.37. The lowest BCUT2D eigenvalue weighted by Crippen LogP contribution is -1.99. The van der Waals surface area contributed by atoms with Gasteiger partial charge in [-0.1, -0.05) is 23.4 Å². The maximum absolute atomic E-state index is 4.94. The van der Waals surface area contributed by atoms with Crippen LogP contribution in [-0.4, -0.2) is 6.21 Å². The van der Waals surface area contributed by atoms with Gasteiger partial charge in [0.25, 0.3) is 0 Å². The number of benzene rings is 1. The number of oxime groups is 1. The van der Waals surface area contributed by atoms with Gasteiger partial charge in [-0.25, -0.2) is 0 Å². The summed E-state index contributed by atoms with van der Waals surface area (Å²) in [5, 5.41) is 3.66. The molecule has 2 nitrogen and oxygen atoms in total. The van der Waals surface area contributed by atoms with E-state index in [0.717, 1.165) is 17.7 Å². The van der Waals surface area contributed by atoms with Crippen molar-refractivity contribution in [1.82, 2.24) is 0 Å². The first kappa shape index (κ1) is 5.47. The molecule has 1 aliphatic rings. The summed E-state index contributed by atoms with van der Waals surface area (Å²) in [5.41, 5.74) is 1.15. The Labute approximate surface area is 59.1 Å². The number of hydrogen-bond acceptors (Lipinski definition) is 2. The van der Waals surface area contributed by atoms with E-state index in [1.54, 1.807) is 6.21 Å². The standard InChI is InChI=1S/C8H6NO/c1-2-4-8-7(3-1)5-6-9-10-8/h1-3,6H,5H2. The smallest absolute Gasteiger partial charge is 0.169 e. The highest BCUT2D eigenvalue weighted by Crippen LogP contribution is 2.19. The average molecular weight is 132 g/mol. The highest BCUT2D eigenvalue weighted by Gasteiger charge is 2.04. The first-order valence-corrected chi connectivity index (χ1v) is 3.15. The molecule has 1 aliphatic heterocycles. The van der Waals surface area contributed by atoms with E-state index in [9.17, 15) is 0 Å². The molecule has 0 saturated carbocycles. The van der Waals surface area contributed by atoms with Gasteiger partial charge >= 0.3 is 0 Å². The van der Waals surface area contributed by atoms with Crippen LogP contribution in [0.3, 0.4) is 0 Å². The Bertz CT molecular complexity index is 241. The Balaban J connectivity index is 2.47. The Morgan fingerprint density at radius 3 is 3.50 bits per heavy atom. The summed E-state index contributed by atoms with van der Waals surface area (Å²) in [6, 6.07) is 8.73. The fourth-order valence-corrected chi connectivity index (χ4v) is 0.928. The molecule has 49 valence electrons. The van der Waals surface area contributed by atoms with E-state index in [4.69, 9.17) is 4.84 Å². The minimum absolute atomic E-state index is 0.755. The highest BCUT2D eigenvalue weighted by atomic mass is 16.6. The highest BCUT2D eigenvalue weighted by molar-refractivity contribution is 5.64. The zero-order chi connectivity index (χ0) is 6.81. The van der Waals surface area contributed by atoms with Crippen LogP contribution in [0.2, 0.25) is 0 Å². The van der Waals surface area contributed by atoms with Crippen LogP contribution in [0, 0.1) is 6.07 Å². The van der Waals surface area contributed by atoms with E-state index in [2.05, 4.69) is 11.2 Å². The Morgan fingerprint density at radius 1 is 1.60 bits per heavy atom. The molecule has 0 saturated heterocycles. The van der Waals surface area contributed by atoms with Crippen molar-refractivity contribution in [2.75, 3.05) is 0 Å². The number of para-hydroxylation sites is 1. The molecule has 0 bridgehead atoms. The minimum Gasteiger partial charge on any atom is -0.356 e. The maximum Gasteiger partial charge on any atom is 0.169 e. The van der Waals surface area contributed by atoms with Gasteiger partial charge in [0.1, 0.15) is 0 Å². The fourth-order valence-electron chi connectivity index (χ4n) is 0.928. The molecule has 1 aromatic carbocycles. The third kappa shape index (κ3) is 0.778. The Morgan fingerprint density at radius 2 is 2.60 bits per heavy atom. The molecule has 1 aromatic rings. The largest absolute Gasteiger partial charge is 0.356 e. The van der Waals surface area contributed by atoms with Crippen LogP contribution in [-0.2, 0) is 6.42 Å². The van der Waals surface area contributed by atoms with Crippen molar-refractivity contribution >= 4 is 6.21 Å². The summed E-state index contributed by atoms with van der Waals surface area (Å²) in [5.74, 6) is 0.755. The molecule has 0 aliphatic carbocycles. The van der Waals surface area contributed by atoms with Crippen molar-refractivity contribution in [2.24, 2.45) is 5.16 Å². The summed E-state index contributed by atoms with van der Waals surface area (Å²) < 4.78 is 0. The molecule has 0 amide bonds. The van der Waals surface area contributed by atoms with Gasteiger partial charge in [0, 0.05) is 24.3 Å². The van der Waals surface area contributed by atoms with Crippen LogP contribution >= 0.6 is 0 Å². The number of fused-ring (bicyclic) bond motifs is 1. The van der Waals surface area contributed by atoms with Crippen molar-refractivity contribution in [3.05, 3.63) is 29.8 Å². The molecule has 0 N–H and O–H groups in total. The van der Waals surface area contributed by atoms with E-state index in [1.807, 2.05) is 18.2 Å². The number of nitrogens with zero attached hydrogens (tertiary/aromatic N) is 1. The van der Waals surface area contributed by atoms with Crippen LogP contribution in [0.4, 0.5) is 0 Å². The molecule has 0 aromatic heterocycles. The van der Waals surface area contributed by atoms with Crippen molar-refractivity contribution < 1.29 is 4.84 Å². The monoisotopic (exact) mass is 132 g/mol. The lowest BCUT2D eigenvalue weighted by atomic mass is 10.1. The van der Waals surface area contributed by atoms with Gasteiger partial charge in [0.2, 0.25) is 0 Å². The number of hydrogen-bond donors (Lipinski definition) is 0. The van der Waals surface area contributed by atoms with Crippen LogP contribution in [0.1, 0.15) is 5.56 Å².